The molecule has 1 N–H and O–H groups in total. The van der Waals surface area contributed by atoms with Crippen molar-refractivity contribution in [2.75, 3.05) is 20.1 Å². The summed E-state index contributed by atoms with van der Waals surface area (Å²) in [6, 6.07) is 0.304. The highest BCUT2D eigenvalue weighted by Crippen LogP contribution is 2.51. The molecule has 0 aromatic heterocycles. The van der Waals surface area contributed by atoms with Gasteiger partial charge in [-0.1, -0.05) is 71.2 Å². The number of nitrogens with one attached hydrogen (secondary N) is 1. The van der Waals surface area contributed by atoms with E-state index >= 15 is 0 Å². The number of rotatable bonds is 9. The number of fused-ring (bicyclic) bond motifs is 1. The summed E-state index contributed by atoms with van der Waals surface area (Å²) in [6.07, 6.45) is 19.4. The minimum absolute atomic E-state index is 0.304. The van der Waals surface area contributed by atoms with Crippen molar-refractivity contribution < 1.29 is 9.63 Å². The van der Waals surface area contributed by atoms with E-state index < -0.39 is 6.09 Å². The Kier molecular flexibility index (Phi) is 17.1. The second-order valence-electron chi connectivity index (χ2n) is 10.7. The predicted molar refractivity (Wildman–Crippen MR) is 155 cm³/mol. The number of hydrogen-bond acceptors (Lipinski definition) is 4. The Labute approximate surface area is 223 Å². The van der Waals surface area contributed by atoms with Crippen molar-refractivity contribution in [3.8, 4) is 0 Å². The molecular weight excluding hydrogens is 446 g/mol. The predicted octanol–water partition coefficient (Wildman–Crippen LogP) is 8.45. The van der Waals surface area contributed by atoms with Gasteiger partial charge in [0.2, 0.25) is 0 Å². The van der Waals surface area contributed by atoms with E-state index in [0.29, 0.717) is 12.6 Å². The fourth-order valence-corrected chi connectivity index (χ4v) is 6.92. The molecule has 3 rings (SSSR count). The van der Waals surface area contributed by atoms with E-state index in [9.17, 15) is 4.79 Å². The van der Waals surface area contributed by atoms with Crippen LogP contribution in [0.4, 0.5) is 4.79 Å². The number of carbonyl (C=O) groups excluding carboxylic acids is 1. The van der Waals surface area contributed by atoms with Crippen LogP contribution in [0.2, 0.25) is 0 Å². The van der Waals surface area contributed by atoms with Gasteiger partial charge in [0.1, 0.15) is 0 Å². The Hall–Kier alpha value is -1.36. The molecule has 0 saturated heterocycles. The van der Waals surface area contributed by atoms with Gasteiger partial charge in [0.05, 0.1) is 0 Å². The summed E-state index contributed by atoms with van der Waals surface area (Å²) >= 11 is 0. The number of hydrogen-bond donors (Lipinski definition) is 1. The van der Waals surface area contributed by atoms with Crippen LogP contribution in [0.5, 0.6) is 0 Å². The Morgan fingerprint density at radius 1 is 1.17 bits per heavy atom. The van der Waals surface area contributed by atoms with Crippen molar-refractivity contribution in [1.29, 1.82) is 0 Å². The largest absolute Gasteiger partial charge is 0.435 e. The fourth-order valence-electron chi connectivity index (χ4n) is 6.92. The molecule has 3 aliphatic rings. The molecule has 0 spiro atoms. The molecule has 0 bridgehead atoms. The Balaban J connectivity index is 0.000000348. The monoisotopic (exact) mass is 505 g/mol. The zero-order valence-corrected chi connectivity index (χ0v) is 25.0. The zero-order valence-electron chi connectivity index (χ0n) is 25.0. The Morgan fingerprint density at radius 2 is 1.92 bits per heavy atom. The van der Waals surface area contributed by atoms with Gasteiger partial charge in [-0.25, -0.2) is 4.79 Å². The molecule has 0 heterocycles. The summed E-state index contributed by atoms with van der Waals surface area (Å²) < 4.78 is 0. The number of carbonyl (C=O) groups is 1. The third kappa shape index (κ3) is 10.2. The third-order valence-corrected chi connectivity index (χ3v) is 8.73. The summed E-state index contributed by atoms with van der Waals surface area (Å²) in [6.45, 7) is 16.2. The second kappa shape index (κ2) is 18.8. The molecule has 0 aromatic rings. The van der Waals surface area contributed by atoms with Crippen LogP contribution >= 0.6 is 0 Å². The molecule has 5 nitrogen and oxygen atoms in total. The zero-order chi connectivity index (χ0) is 26.9. The summed E-state index contributed by atoms with van der Waals surface area (Å²) in [5, 5.41) is 6.72. The fraction of sp³-hybridized carbons (Fsp3) is 0.871. The molecule has 6 atom stereocenters. The van der Waals surface area contributed by atoms with E-state index in [1.165, 1.54) is 62.5 Å². The standard InChI is InChI=1S/C19H32.C10H21N3O2.C2H6/c1-3-14-11-12-19(18(14)4-2)17-10-9-15-7-5-6-8-16(15)13-17;1-5-9(11-6-2)8-13(4)10(14)15-12-7-3;1-2/h7,14,16-19H,3-6,8-13H2,1-2H3;7,9,11H,5-6,8H2,1-4H3;1-2H3/b;12-7-;. The summed E-state index contributed by atoms with van der Waals surface area (Å²) in [4.78, 5) is 17.4. The van der Waals surface area contributed by atoms with Crippen LogP contribution in [0.15, 0.2) is 16.8 Å². The van der Waals surface area contributed by atoms with Gasteiger partial charge < -0.3 is 10.2 Å². The number of nitrogens with zero attached hydrogens (tertiary/aromatic N) is 2. The first-order valence-electron chi connectivity index (χ1n) is 15.3. The highest BCUT2D eigenvalue weighted by Gasteiger charge is 2.40. The number of amides is 1. The summed E-state index contributed by atoms with van der Waals surface area (Å²) in [7, 11) is 1.70. The number of allylic oxidation sites excluding steroid dienone is 2. The molecule has 210 valence electrons. The van der Waals surface area contributed by atoms with Crippen molar-refractivity contribution in [3.63, 3.8) is 0 Å². The van der Waals surface area contributed by atoms with Gasteiger partial charge in [0.25, 0.3) is 0 Å². The summed E-state index contributed by atoms with van der Waals surface area (Å²) in [5.41, 5.74) is 1.85. The smallest absolute Gasteiger partial charge is 0.313 e. The first-order valence-corrected chi connectivity index (χ1v) is 15.3. The first kappa shape index (κ1) is 32.7. The van der Waals surface area contributed by atoms with Crippen LogP contribution in [0.3, 0.4) is 0 Å². The lowest BCUT2D eigenvalue weighted by Crippen LogP contribution is -2.41. The van der Waals surface area contributed by atoms with E-state index in [1.54, 1.807) is 26.8 Å². The maximum atomic E-state index is 11.3. The van der Waals surface area contributed by atoms with Crippen LogP contribution in [0.1, 0.15) is 119 Å². The highest BCUT2D eigenvalue weighted by atomic mass is 16.7. The lowest BCUT2D eigenvalue weighted by atomic mass is 9.66. The lowest BCUT2D eigenvalue weighted by molar-refractivity contribution is 0.111. The molecule has 2 saturated carbocycles. The van der Waals surface area contributed by atoms with Crippen LogP contribution < -0.4 is 5.32 Å². The maximum Gasteiger partial charge on any atom is 0.435 e. The molecule has 0 aliphatic heterocycles. The molecule has 1 amide bonds. The minimum atomic E-state index is -0.426. The Bertz CT molecular complexity index is 648. The van der Waals surface area contributed by atoms with Crippen molar-refractivity contribution >= 4 is 12.3 Å². The molecule has 6 unspecified atom stereocenters. The van der Waals surface area contributed by atoms with E-state index in [1.807, 2.05) is 26.3 Å². The van der Waals surface area contributed by atoms with Crippen LogP contribution in [-0.4, -0.2) is 43.4 Å². The van der Waals surface area contributed by atoms with Gasteiger partial charge in [-0.3, -0.25) is 4.84 Å². The lowest BCUT2D eigenvalue weighted by Gasteiger charge is -2.39. The molecule has 36 heavy (non-hydrogen) atoms. The van der Waals surface area contributed by atoms with Crippen molar-refractivity contribution in [1.82, 2.24) is 10.2 Å². The number of likely N-dealkylation sites (N-methyl/N-ethyl adjacent to an activating group) is 2. The maximum absolute atomic E-state index is 11.3. The second-order valence-corrected chi connectivity index (χ2v) is 10.7. The van der Waals surface area contributed by atoms with Gasteiger partial charge in [-0.2, -0.15) is 0 Å². The van der Waals surface area contributed by atoms with E-state index in [0.717, 1.165) is 42.6 Å². The highest BCUT2D eigenvalue weighted by molar-refractivity contribution is 5.68. The van der Waals surface area contributed by atoms with Crippen LogP contribution in [0, 0.1) is 29.6 Å². The third-order valence-electron chi connectivity index (χ3n) is 8.73. The molecule has 2 fully saturated rings. The number of oxime groups is 1. The van der Waals surface area contributed by atoms with Crippen LogP contribution in [0.25, 0.3) is 0 Å². The average molecular weight is 506 g/mol. The van der Waals surface area contributed by atoms with E-state index in [-0.39, 0.29) is 0 Å². The topological polar surface area (TPSA) is 53.9 Å². The minimum Gasteiger partial charge on any atom is -0.313 e. The van der Waals surface area contributed by atoms with Crippen molar-refractivity contribution in [2.45, 2.75) is 125 Å². The molecule has 5 heteroatoms. The van der Waals surface area contributed by atoms with Gasteiger partial charge in [0.15, 0.2) is 0 Å². The quantitative estimate of drug-likeness (QED) is 0.148. The van der Waals surface area contributed by atoms with Crippen molar-refractivity contribution in [2.24, 2.45) is 34.7 Å². The first-order chi connectivity index (χ1) is 17.5. The van der Waals surface area contributed by atoms with Gasteiger partial charge in [-0.15, -0.1) is 0 Å². The molecule has 0 radical (unpaired) electrons. The average Bonchev–Trinajstić information content (AvgIpc) is 3.35. The van der Waals surface area contributed by atoms with E-state index in [4.69, 9.17) is 0 Å². The molecule has 0 aromatic carbocycles. The van der Waals surface area contributed by atoms with Gasteiger partial charge in [-0.05, 0) is 101 Å². The SMILES string of the molecule is C/C=N\OC(=O)N(C)CC(CC)NCC.CC.CCC1CCC(C2CCC3=CCCCC3C2)C1CC. The van der Waals surface area contributed by atoms with Gasteiger partial charge in [0, 0.05) is 25.8 Å². The van der Waals surface area contributed by atoms with Gasteiger partial charge >= 0.3 is 6.09 Å². The molecular formula is C31H59N3O2. The normalized spacial score (nSPS) is 28.1. The van der Waals surface area contributed by atoms with Crippen LogP contribution in [-0.2, 0) is 4.84 Å². The Morgan fingerprint density at radius 3 is 2.53 bits per heavy atom. The van der Waals surface area contributed by atoms with E-state index in [2.05, 4.69) is 42.2 Å². The molecule has 3 aliphatic carbocycles. The van der Waals surface area contributed by atoms with Crippen molar-refractivity contribution in [3.05, 3.63) is 11.6 Å². The summed E-state index contributed by atoms with van der Waals surface area (Å²) in [5.74, 6) is 5.26.